The highest BCUT2D eigenvalue weighted by Crippen LogP contribution is 2.29. The molecule has 0 fully saturated rings. The van der Waals surface area contributed by atoms with Gasteiger partial charge in [-0.15, -0.1) is 0 Å². The molecule has 0 atom stereocenters. The molecule has 2 rings (SSSR count). The maximum Gasteiger partial charge on any atom is 0.161 e. The van der Waals surface area contributed by atoms with E-state index in [1.165, 1.54) is 22.4 Å². The Kier molecular flexibility index (Phi) is 6.33. The van der Waals surface area contributed by atoms with E-state index in [2.05, 4.69) is 56.4 Å². The Bertz CT molecular complexity index is 638. The lowest BCUT2D eigenvalue weighted by Gasteiger charge is -2.14. The fourth-order valence-corrected chi connectivity index (χ4v) is 2.48. The maximum atomic E-state index is 5.85. The van der Waals surface area contributed by atoms with Crippen molar-refractivity contribution >= 4 is 5.69 Å². The lowest BCUT2D eigenvalue weighted by Crippen LogP contribution is -2.03. The summed E-state index contributed by atoms with van der Waals surface area (Å²) in [6.45, 7) is 7.88. The molecule has 0 aliphatic carbocycles. The lowest BCUT2D eigenvalue weighted by atomic mass is 10.1. The minimum absolute atomic E-state index is 0.723. The molecule has 0 saturated carbocycles. The highest BCUT2D eigenvalue weighted by Gasteiger charge is 2.06. The largest absolute Gasteiger partial charge is 0.493 e. The van der Waals surface area contributed by atoms with Crippen LogP contribution in [0.5, 0.6) is 11.5 Å². The van der Waals surface area contributed by atoms with Gasteiger partial charge >= 0.3 is 0 Å². The Morgan fingerprint density at radius 1 is 1.00 bits per heavy atom. The minimum atomic E-state index is 0.723. The van der Waals surface area contributed by atoms with Gasteiger partial charge in [-0.2, -0.15) is 0 Å². The molecule has 0 bridgehead atoms. The van der Waals surface area contributed by atoms with Gasteiger partial charge in [0.15, 0.2) is 11.5 Å². The fraction of sp³-hybridized carbons (Fsp3) is 0.400. The summed E-state index contributed by atoms with van der Waals surface area (Å²) < 4.78 is 11.2. The van der Waals surface area contributed by atoms with Crippen LogP contribution in [0.3, 0.4) is 0 Å². The number of anilines is 1. The molecule has 0 aromatic heterocycles. The monoisotopic (exact) mass is 313 g/mol. The van der Waals surface area contributed by atoms with Gasteiger partial charge < -0.3 is 14.8 Å². The van der Waals surface area contributed by atoms with E-state index >= 15 is 0 Å². The van der Waals surface area contributed by atoms with E-state index in [1.807, 2.05) is 6.07 Å². The molecule has 0 spiro atoms. The van der Waals surface area contributed by atoms with Crippen molar-refractivity contribution in [1.29, 1.82) is 0 Å². The second kappa shape index (κ2) is 8.47. The van der Waals surface area contributed by atoms with Gasteiger partial charge in [-0.05, 0) is 49.6 Å². The molecule has 124 valence electrons. The predicted octanol–water partition coefficient (Wildman–Crippen LogP) is 5.10. The molecule has 0 aliphatic rings. The van der Waals surface area contributed by atoms with Crippen LogP contribution in [0.15, 0.2) is 36.4 Å². The van der Waals surface area contributed by atoms with Crippen LogP contribution in [0.4, 0.5) is 5.69 Å². The highest BCUT2D eigenvalue weighted by atomic mass is 16.5. The van der Waals surface area contributed by atoms with Crippen LogP contribution in [0.2, 0.25) is 0 Å². The van der Waals surface area contributed by atoms with Gasteiger partial charge in [0.2, 0.25) is 0 Å². The zero-order valence-electron chi connectivity index (χ0n) is 14.6. The van der Waals surface area contributed by atoms with E-state index in [-0.39, 0.29) is 0 Å². The molecule has 23 heavy (non-hydrogen) atoms. The zero-order valence-corrected chi connectivity index (χ0v) is 14.6. The first-order valence-corrected chi connectivity index (χ1v) is 8.25. The number of ether oxygens (including phenoxy) is 2. The van der Waals surface area contributed by atoms with Crippen LogP contribution < -0.4 is 14.8 Å². The van der Waals surface area contributed by atoms with Crippen molar-refractivity contribution in [3.05, 3.63) is 53.1 Å². The van der Waals surface area contributed by atoms with E-state index < -0.39 is 0 Å². The normalized spacial score (nSPS) is 10.4. The molecule has 0 heterocycles. The van der Waals surface area contributed by atoms with Crippen molar-refractivity contribution in [2.24, 2.45) is 0 Å². The molecule has 0 unspecified atom stereocenters. The number of hydrogen-bond acceptors (Lipinski definition) is 3. The molecule has 3 heteroatoms. The summed E-state index contributed by atoms with van der Waals surface area (Å²) in [5.74, 6) is 1.61. The first-order chi connectivity index (χ1) is 11.1. The standard InChI is InChI=1S/C20H27NO2/c1-5-6-11-23-20-13-17(8-10-19(20)22-4)14-21-18-9-7-15(2)12-16(18)3/h7-10,12-13,21H,5-6,11,14H2,1-4H3. The van der Waals surface area contributed by atoms with Gasteiger partial charge in [0.05, 0.1) is 13.7 Å². The number of hydrogen-bond donors (Lipinski definition) is 1. The van der Waals surface area contributed by atoms with E-state index in [9.17, 15) is 0 Å². The first-order valence-electron chi connectivity index (χ1n) is 8.25. The molecule has 3 nitrogen and oxygen atoms in total. The average molecular weight is 313 g/mol. The lowest BCUT2D eigenvalue weighted by molar-refractivity contribution is 0.288. The summed E-state index contributed by atoms with van der Waals surface area (Å²) in [4.78, 5) is 0. The van der Waals surface area contributed by atoms with Crippen molar-refractivity contribution in [2.45, 2.75) is 40.2 Å². The van der Waals surface area contributed by atoms with E-state index in [0.29, 0.717) is 0 Å². The molecule has 0 radical (unpaired) electrons. The fourth-order valence-electron chi connectivity index (χ4n) is 2.48. The number of nitrogens with one attached hydrogen (secondary N) is 1. The number of aryl methyl sites for hydroxylation is 2. The van der Waals surface area contributed by atoms with Crippen molar-refractivity contribution in [3.8, 4) is 11.5 Å². The Labute approximate surface area is 139 Å². The second-order valence-corrected chi connectivity index (χ2v) is 5.86. The van der Waals surface area contributed by atoms with Crippen molar-refractivity contribution in [2.75, 3.05) is 19.0 Å². The van der Waals surface area contributed by atoms with Crippen molar-refractivity contribution < 1.29 is 9.47 Å². The molecule has 0 amide bonds. The average Bonchev–Trinajstić information content (AvgIpc) is 2.54. The van der Waals surface area contributed by atoms with Crippen molar-refractivity contribution in [1.82, 2.24) is 0 Å². The molecular formula is C20H27NO2. The molecule has 0 aliphatic heterocycles. The Balaban J connectivity index is 2.05. The SMILES string of the molecule is CCCCOc1cc(CNc2ccc(C)cc2C)ccc1OC. The quantitative estimate of drug-likeness (QED) is 0.687. The first kappa shape index (κ1) is 17.2. The number of methoxy groups -OCH3 is 1. The van der Waals surface area contributed by atoms with Gasteiger partial charge in [0.25, 0.3) is 0 Å². The highest BCUT2D eigenvalue weighted by molar-refractivity contribution is 5.53. The van der Waals surface area contributed by atoms with E-state index in [0.717, 1.165) is 37.5 Å². The number of benzene rings is 2. The van der Waals surface area contributed by atoms with Gasteiger partial charge in [-0.3, -0.25) is 0 Å². The van der Waals surface area contributed by atoms with Crippen LogP contribution in [0.1, 0.15) is 36.5 Å². The second-order valence-electron chi connectivity index (χ2n) is 5.86. The van der Waals surface area contributed by atoms with Crippen LogP contribution in [-0.4, -0.2) is 13.7 Å². The third-order valence-electron chi connectivity index (χ3n) is 3.85. The van der Waals surface area contributed by atoms with E-state index in [4.69, 9.17) is 9.47 Å². The summed E-state index contributed by atoms with van der Waals surface area (Å²) in [6, 6.07) is 12.6. The van der Waals surface area contributed by atoms with Crippen molar-refractivity contribution in [3.63, 3.8) is 0 Å². The van der Waals surface area contributed by atoms with Crippen LogP contribution in [0.25, 0.3) is 0 Å². The Hall–Kier alpha value is -2.16. The summed E-state index contributed by atoms with van der Waals surface area (Å²) >= 11 is 0. The molecular weight excluding hydrogens is 286 g/mol. The third-order valence-corrected chi connectivity index (χ3v) is 3.85. The summed E-state index contributed by atoms with van der Waals surface area (Å²) in [5, 5.41) is 3.49. The predicted molar refractivity (Wildman–Crippen MR) is 96.6 cm³/mol. The zero-order chi connectivity index (χ0) is 16.7. The van der Waals surface area contributed by atoms with Crippen LogP contribution in [0, 0.1) is 13.8 Å². The Morgan fingerprint density at radius 2 is 1.83 bits per heavy atom. The Morgan fingerprint density at radius 3 is 2.52 bits per heavy atom. The smallest absolute Gasteiger partial charge is 0.161 e. The molecule has 2 aromatic carbocycles. The number of rotatable bonds is 8. The topological polar surface area (TPSA) is 30.5 Å². The summed E-state index contributed by atoms with van der Waals surface area (Å²) in [7, 11) is 1.68. The van der Waals surface area contributed by atoms with Crippen LogP contribution in [-0.2, 0) is 6.54 Å². The van der Waals surface area contributed by atoms with Crippen LogP contribution >= 0.6 is 0 Å². The summed E-state index contributed by atoms with van der Waals surface area (Å²) in [5.41, 5.74) is 4.89. The minimum Gasteiger partial charge on any atom is -0.493 e. The molecule has 1 N–H and O–H groups in total. The van der Waals surface area contributed by atoms with Gasteiger partial charge in [0.1, 0.15) is 0 Å². The number of unbranched alkanes of at least 4 members (excludes halogenated alkanes) is 1. The van der Waals surface area contributed by atoms with E-state index in [1.54, 1.807) is 7.11 Å². The summed E-state index contributed by atoms with van der Waals surface area (Å²) in [6.07, 6.45) is 2.17. The molecule has 2 aromatic rings. The maximum absolute atomic E-state index is 5.85. The van der Waals surface area contributed by atoms with Gasteiger partial charge in [-0.1, -0.05) is 37.1 Å². The third kappa shape index (κ3) is 4.92. The molecule has 0 saturated heterocycles. The van der Waals surface area contributed by atoms with Gasteiger partial charge in [0, 0.05) is 12.2 Å². The van der Waals surface area contributed by atoms with Gasteiger partial charge in [-0.25, -0.2) is 0 Å².